The molecule has 1 aliphatic rings. The molecule has 3 aromatic rings. The van der Waals surface area contributed by atoms with Crippen molar-refractivity contribution in [1.82, 2.24) is 19.6 Å². The predicted molar refractivity (Wildman–Crippen MR) is 84.0 cm³/mol. The summed E-state index contributed by atoms with van der Waals surface area (Å²) in [4.78, 5) is 10.9. The second-order valence-corrected chi connectivity index (χ2v) is 5.39. The number of nitrogens with zero attached hydrogens (tertiary/aromatic N) is 5. The number of aromatic nitrogens is 4. The number of hydrogen-bond acceptors (Lipinski definition) is 5. The van der Waals surface area contributed by atoms with Crippen LogP contribution in [0.4, 0.5) is 5.69 Å². The molecule has 1 aromatic carbocycles. The van der Waals surface area contributed by atoms with Crippen LogP contribution < -0.4 is 4.90 Å². The first-order valence-electron chi connectivity index (χ1n) is 7.42. The summed E-state index contributed by atoms with van der Waals surface area (Å²) < 4.78 is 7.11. The summed E-state index contributed by atoms with van der Waals surface area (Å²) in [5, 5.41) is 4.31. The monoisotopic (exact) mass is 295 g/mol. The van der Waals surface area contributed by atoms with Crippen molar-refractivity contribution in [3.05, 3.63) is 42.5 Å². The third-order valence-electron chi connectivity index (χ3n) is 3.88. The summed E-state index contributed by atoms with van der Waals surface area (Å²) in [6, 6.07) is 8.55. The van der Waals surface area contributed by atoms with Crippen LogP contribution in [0.3, 0.4) is 0 Å². The molecule has 6 heteroatoms. The first kappa shape index (κ1) is 13.2. The van der Waals surface area contributed by atoms with Gasteiger partial charge in [0.15, 0.2) is 0 Å². The molecule has 0 bridgehead atoms. The third kappa shape index (κ3) is 2.42. The van der Waals surface area contributed by atoms with E-state index in [1.807, 2.05) is 19.3 Å². The highest BCUT2D eigenvalue weighted by Crippen LogP contribution is 2.23. The number of morpholine rings is 1. The number of ether oxygens (including phenoxy) is 1. The minimum Gasteiger partial charge on any atom is -0.378 e. The van der Waals surface area contributed by atoms with E-state index in [0.717, 1.165) is 43.3 Å². The molecule has 4 rings (SSSR count). The van der Waals surface area contributed by atoms with Gasteiger partial charge in [-0.1, -0.05) is 12.1 Å². The molecule has 6 nitrogen and oxygen atoms in total. The summed E-state index contributed by atoms with van der Waals surface area (Å²) >= 11 is 0. The van der Waals surface area contributed by atoms with Crippen molar-refractivity contribution in [3.63, 3.8) is 0 Å². The molecule has 0 amide bonds. The van der Waals surface area contributed by atoms with Gasteiger partial charge in [0.2, 0.25) is 0 Å². The van der Waals surface area contributed by atoms with Gasteiger partial charge in [-0.15, -0.1) is 0 Å². The van der Waals surface area contributed by atoms with Crippen molar-refractivity contribution in [2.24, 2.45) is 0 Å². The zero-order valence-electron chi connectivity index (χ0n) is 12.4. The van der Waals surface area contributed by atoms with Gasteiger partial charge in [-0.2, -0.15) is 10.1 Å². The standard InChI is InChI=1S/C16H17N5O/c1-12-18-16-17-10-14(11-21(16)19-12)13-2-4-15(5-3-13)20-6-8-22-9-7-20/h2-5,10-11H,6-9H2,1H3. The van der Waals surface area contributed by atoms with Crippen LogP contribution in [0.2, 0.25) is 0 Å². The Bertz CT molecular complexity index is 790. The average molecular weight is 295 g/mol. The maximum Gasteiger partial charge on any atom is 0.252 e. The molecule has 0 aliphatic carbocycles. The van der Waals surface area contributed by atoms with Gasteiger partial charge in [0, 0.05) is 36.7 Å². The van der Waals surface area contributed by atoms with E-state index in [0.29, 0.717) is 5.78 Å². The molecule has 0 saturated carbocycles. The molecule has 0 N–H and O–H groups in total. The maximum absolute atomic E-state index is 5.39. The fraction of sp³-hybridized carbons (Fsp3) is 0.312. The molecule has 3 heterocycles. The lowest BCUT2D eigenvalue weighted by Gasteiger charge is -2.28. The fourth-order valence-corrected chi connectivity index (χ4v) is 2.72. The Labute approximate surface area is 128 Å². The van der Waals surface area contributed by atoms with E-state index in [4.69, 9.17) is 4.74 Å². The van der Waals surface area contributed by atoms with E-state index in [2.05, 4.69) is 44.2 Å². The minimum atomic E-state index is 0.631. The molecule has 22 heavy (non-hydrogen) atoms. The largest absolute Gasteiger partial charge is 0.378 e. The fourth-order valence-electron chi connectivity index (χ4n) is 2.72. The van der Waals surface area contributed by atoms with Crippen LogP contribution in [-0.4, -0.2) is 45.9 Å². The number of fused-ring (bicyclic) bond motifs is 1. The molecule has 2 aromatic heterocycles. The van der Waals surface area contributed by atoms with Crippen LogP contribution in [0.25, 0.3) is 16.9 Å². The van der Waals surface area contributed by atoms with Crippen LogP contribution in [-0.2, 0) is 4.74 Å². The summed E-state index contributed by atoms with van der Waals surface area (Å²) in [5.74, 6) is 1.36. The minimum absolute atomic E-state index is 0.631. The normalized spacial score (nSPS) is 15.4. The Kier molecular flexibility index (Phi) is 3.23. The smallest absolute Gasteiger partial charge is 0.252 e. The zero-order valence-corrected chi connectivity index (χ0v) is 12.4. The van der Waals surface area contributed by atoms with Gasteiger partial charge in [0.05, 0.1) is 13.2 Å². The Morgan fingerprint density at radius 2 is 1.82 bits per heavy atom. The third-order valence-corrected chi connectivity index (χ3v) is 3.88. The maximum atomic E-state index is 5.39. The second kappa shape index (κ2) is 5.38. The Morgan fingerprint density at radius 1 is 1.05 bits per heavy atom. The molecule has 1 saturated heterocycles. The van der Waals surface area contributed by atoms with Gasteiger partial charge >= 0.3 is 0 Å². The van der Waals surface area contributed by atoms with Crippen molar-refractivity contribution < 1.29 is 4.74 Å². The van der Waals surface area contributed by atoms with E-state index < -0.39 is 0 Å². The SMILES string of the molecule is Cc1nc2ncc(-c3ccc(N4CCOCC4)cc3)cn2n1. The molecule has 1 aliphatic heterocycles. The Morgan fingerprint density at radius 3 is 2.59 bits per heavy atom. The zero-order chi connectivity index (χ0) is 14.9. The van der Waals surface area contributed by atoms with Gasteiger partial charge in [-0.05, 0) is 24.6 Å². The van der Waals surface area contributed by atoms with Crippen molar-refractivity contribution in [2.45, 2.75) is 6.92 Å². The number of aryl methyl sites for hydroxylation is 1. The van der Waals surface area contributed by atoms with Gasteiger partial charge in [-0.3, -0.25) is 0 Å². The average Bonchev–Trinajstić information content (AvgIpc) is 2.95. The molecule has 112 valence electrons. The molecule has 0 unspecified atom stereocenters. The van der Waals surface area contributed by atoms with E-state index >= 15 is 0 Å². The topological polar surface area (TPSA) is 55.5 Å². The van der Waals surface area contributed by atoms with Crippen LogP contribution >= 0.6 is 0 Å². The first-order valence-corrected chi connectivity index (χ1v) is 7.42. The highest BCUT2D eigenvalue weighted by molar-refractivity contribution is 5.65. The number of anilines is 1. The number of rotatable bonds is 2. The van der Waals surface area contributed by atoms with E-state index in [1.54, 1.807) is 4.52 Å². The van der Waals surface area contributed by atoms with Crippen LogP contribution in [0.15, 0.2) is 36.7 Å². The van der Waals surface area contributed by atoms with Crippen molar-refractivity contribution in [1.29, 1.82) is 0 Å². The highest BCUT2D eigenvalue weighted by atomic mass is 16.5. The number of hydrogen-bond donors (Lipinski definition) is 0. The lowest BCUT2D eigenvalue weighted by molar-refractivity contribution is 0.122. The summed E-state index contributed by atoms with van der Waals surface area (Å²) in [5.41, 5.74) is 3.39. The van der Waals surface area contributed by atoms with Crippen LogP contribution in [0.5, 0.6) is 0 Å². The Hall–Kier alpha value is -2.47. The molecular weight excluding hydrogens is 278 g/mol. The van der Waals surface area contributed by atoms with Crippen LogP contribution in [0.1, 0.15) is 5.82 Å². The van der Waals surface area contributed by atoms with Gasteiger partial charge < -0.3 is 9.64 Å². The lowest BCUT2D eigenvalue weighted by atomic mass is 10.1. The molecule has 0 spiro atoms. The summed E-state index contributed by atoms with van der Waals surface area (Å²) in [7, 11) is 0. The van der Waals surface area contributed by atoms with Crippen LogP contribution in [0, 0.1) is 6.92 Å². The second-order valence-electron chi connectivity index (χ2n) is 5.39. The first-order chi connectivity index (χ1) is 10.8. The van der Waals surface area contributed by atoms with Gasteiger partial charge in [-0.25, -0.2) is 9.50 Å². The molecule has 1 fully saturated rings. The predicted octanol–water partition coefficient (Wildman–Crippen LogP) is 1.94. The number of benzene rings is 1. The van der Waals surface area contributed by atoms with E-state index in [-0.39, 0.29) is 0 Å². The quantitative estimate of drug-likeness (QED) is 0.723. The van der Waals surface area contributed by atoms with E-state index in [1.165, 1.54) is 5.69 Å². The van der Waals surface area contributed by atoms with Gasteiger partial charge in [0.1, 0.15) is 5.82 Å². The van der Waals surface area contributed by atoms with E-state index in [9.17, 15) is 0 Å². The molecular formula is C16H17N5O. The van der Waals surface area contributed by atoms with Gasteiger partial charge in [0.25, 0.3) is 5.78 Å². The summed E-state index contributed by atoms with van der Waals surface area (Å²) in [6.45, 7) is 5.36. The highest BCUT2D eigenvalue weighted by Gasteiger charge is 2.11. The lowest BCUT2D eigenvalue weighted by Crippen LogP contribution is -2.36. The van der Waals surface area contributed by atoms with Crippen molar-refractivity contribution in [3.8, 4) is 11.1 Å². The summed E-state index contributed by atoms with van der Waals surface area (Å²) in [6.07, 6.45) is 3.80. The molecule has 0 radical (unpaired) electrons. The van der Waals surface area contributed by atoms with Crippen molar-refractivity contribution >= 4 is 11.5 Å². The molecule has 0 atom stereocenters. The Balaban J connectivity index is 1.63. The van der Waals surface area contributed by atoms with Crippen molar-refractivity contribution in [2.75, 3.05) is 31.2 Å².